The third-order valence-corrected chi connectivity index (χ3v) is 6.04. The topological polar surface area (TPSA) is 153 Å². The maximum atomic E-state index is 12.9. The third kappa shape index (κ3) is 7.16. The molecule has 38 heavy (non-hydrogen) atoms. The molecule has 0 saturated carbocycles. The van der Waals surface area contributed by atoms with Crippen LogP contribution in [0.3, 0.4) is 0 Å². The largest absolute Gasteiger partial charge is 0.444 e. The number of piperidine rings is 1. The van der Waals surface area contributed by atoms with Gasteiger partial charge in [-0.2, -0.15) is 5.06 Å². The highest BCUT2D eigenvalue weighted by Crippen LogP contribution is 2.30. The molecule has 2 fully saturated rings. The fraction of sp³-hybridized carbons (Fsp3) is 0.583. The molecule has 14 heteroatoms. The number of urea groups is 1. The molecular formula is C24H34N8O6. The molecule has 4 amide bonds. The van der Waals surface area contributed by atoms with Gasteiger partial charge in [-0.25, -0.2) is 19.8 Å². The van der Waals surface area contributed by atoms with E-state index in [0.717, 1.165) is 5.56 Å². The van der Waals surface area contributed by atoms with Crippen LogP contribution in [0.4, 0.5) is 9.59 Å². The zero-order valence-electron chi connectivity index (χ0n) is 21.8. The number of rotatable bonds is 11. The summed E-state index contributed by atoms with van der Waals surface area (Å²) >= 11 is 0. The van der Waals surface area contributed by atoms with E-state index >= 15 is 0 Å². The van der Waals surface area contributed by atoms with Crippen LogP contribution in [-0.2, 0) is 38.8 Å². The summed E-state index contributed by atoms with van der Waals surface area (Å²) in [6.45, 7) is 6.77. The first-order valence-electron chi connectivity index (χ1n) is 12.6. The lowest BCUT2D eigenvalue weighted by atomic mass is 10.0. The molecule has 1 aromatic heterocycles. The standard InChI is InChI=1S/C24H34N8O6/c1-24(2,3)38-22(34)25-12-11-20-26-28-29-31(20)13-14-36-27-21(33)19-10-9-18-15-30(19)23(35)32(18)37-16-17-7-5-4-6-8-17/h4-8,18-19H,9-16H2,1-3H3,(H,25,34)(H,27,33)/t18-,19+/m1/s1. The number of benzene rings is 1. The van der Waals surface area contributed by atoms with E-state index in [-0.39, 0.29) is 37.7 Å². The number of hydrogen-bond donors (Lipinski definition) is 2. The van der Waals surface area contributed by atoms with Crippen molar-refractivity contribution in [2.24, 2.45) is 0 Å². The van der Waals surface area contributed by atoms with E-state index in [1.807, 2.05) is 30.3 Å². The highest BCUT2D eigenvalue weighted by atomic mass is 16.7. The lowest BCUT2D eigenvalue weighted by molar-refractivity contribution is -0.141. The van der Waals surface area contributed by atoms with Gasteiger partial charge in [0.05, 0.1) is 19.2 Å². The lowest BCUT2D eigenvalue weighted by Gasteiger charge is -2.28. The van der Waals surface area contributed by atoms with Crippen LogP contribution in [0.1, 0.15) is 45.0 Å². The highest BCUT2D eigenvalue weighted by molar-refractivity contribution is 5.88. The molecule has 206 valence electrons. The van der Waals surface area contributed by atoms with E-state index in [9.17, 15) is 14.4 Å². The number of ether oxygens (including phenoxy) is 1. The van der Waals surface area contributed by atoms with Crippen molar-refractivity contribution in [3.8, 4) is 0 Å². The predicted molar refractivity (Wildman–Crippen MR) is 132 cm³/mol. The second kappa shape index (κ2) is 12.2. The number of hydrogen-bond acceptors (Lipinski definition) is 9. The van der Waals surface area contributed by atoms with Crippen LogP contribution in [0, 0.1) is 0 Å². The number of nitrogens with one attached hydrogen (secondary N) is 2. The van der Waals surface area contributed by atoms with E-state index in [0.29, 0.717) is 38.2 Å². The van der Waals surface area contributed by atoms with Crippen molar-refractivity contribution in [2.75, 3.05) is 19.7 Å². The number of amides is 4. The quantitative estimate of drug-likeness (QED) is 0.322. The monoisotopic (exact) mass is 530 g/mol. The lowest BCUT2D eigenvalue weighted by Crippen LogP contribution is -2.49. The Morgan fingerprint density at radius 1 is 1.16 bits per heavy atom. The van der Waals surface area contributed by atoms with Crippen molar-refractivity contribution >= 4 is 18.0 Å². The fourth-order valence-electron chi connectivity index (χ4n) is 4.28. The molecular weight excluding hydrogens is 496 g/mol. The molecule has 2 aliphatic rings. The normalized spacial score (nSPS) is 19.0. The number of aromatic nitrogens is 4. The Balaban J connectivity index is 1.17. The summed E-state index contributed by atoms with van der Waals surface area (Å²) in [7, 11) is 0. The van der Waals surface area contributed by atoms with Gasteiger partial charge < -0.3 is 15.0 Å². The zero-order chi connectivity index (χ0) is 27.1. The van der Waals surface area contributed by atoms with Gasteiger partial charge in [-0.15, -0.1) is 5.10 Å². The van der Waals surface area contributed by atoms with Crippen molar-refractivity contribution in [3.05, 3.63) is 41.7 Å². The molecule has 2 N–H and O–H groups in total. The Bertz CT molecular complexity index is 1100. The molecule has 14 nitrogen and oxygen atoms in total. The molecule has 0 unspecified atom stereocenters. The Morgan fingerprint density at radius 3 is 2.71 bits per heavy atom. The molecule has 0 aliphatic carbocycles. The van der Waals surface area contributed by atoms with Crippen molar-refractivity contribution < 1.29 is 28.8 Å². The fourth-order valence-corrected chi connectivity index (χ4v) is 4.28. The molecule has 1 aromatic carbocycles. The van der Waals surface area contributed by atoms with Crippen LogP contribution >= 0.6 is 0 Å². The van der Waals surface area contributed by atoms with Crippen LogP contribution in [0.15, 0.2) is 30.3 Å². The minimum absolute atomic E-state index is 0.0841. The van der Waals surface area contributed by atoms with Crippen LogP contribution < -0.4 is 10.8 Å². The number of nitrogens with zero attached hydrogens (tertiary/aromatic N) is 6. The minimum Gasteiger partial charge on any atom is -0.444 e. The Labute approximate surface area is 220 Å². The van der Waals surface area contributed by atoms with E-state index in [2.05, 4.69) is 26.3 Å². The van der Waals surface area contributed by atoms with E-state index < -0.39 is 17.7 Å². The number of carbonyl (C=O) groups is 3. The first-order valence-corrected chi connectivity index (χ1v) is 12.6. The second-order valence-electron chi connectivity index (χ2n) is 10.1. The Hall–Kier alpha value is -3.78. The Morgan fingerprint density at radius 2 is 1.95 bits per heavy atom. The van der Waals surface area contributed by atoms with Gasteiger partial charge in [0, 0.05) is 19.5 Å². The van der Waals surface area contributed by atoms with Gasteiger partial charge in [0.15, 0.2) is 5.82 Å². The summed E-state index contributed by atoms with van der Waals surface area (Å²) in [5.74, 6) is 0.160. The number of alkyl carbamates (subject to hydrolysis) is 1. The molecule has 2 aliphatic heterocycles. The van der Waals surface area contributed by atoms with Crippen molar-refractivity contribution in [1.29, 1.82) is 0 Å². The summed E-state index contributed by atoms with van der Waals surface area (Å²) < 4.78 is 6.73. The van der Waals surface area contributed by atoms with Crippen LogP contribution in [0.25, 0.3) is 0 Å². The summed E-state index contributed by atoms with van der Waals surface area (Å²) in [6.07, 6.45) is 1.04. The maximum absolute atomic E-state index is 12.9. The summed E-state index contributed by atoms with van der Waals surface area (Å²) in [4.78, 5) is 50.1. The molecule has 2 saturated heterocycles. The van der Waals surface area contributed by atoms with E-state index in [4.69, 9.17) is 14.4 Å². The van der Waals surface area contributed by atoms with Gasteiger partial charge in [-0.3, -0.25) is 14.5 Å². The first-order chi connectivity index (χ1) is 18.2. The van der Waals surface area contributed by atoms with E-state index in [1.165, 1.54) is 14.6 Å². The van der Waals surface area contributed by atoms with E-state index in [1.54, 1.807) is 20.8 Å². The van der Waals surface area contributed by atoms with Gasteiger partial charge in [0.25, 0.3) is 5.91 Å². The number of carbonyl (C=O) groups excluding carboxylic acids is 3. The van der Waals surface area contributed by atoms with Crippen LogP contribution in [-0.4, -0.2) is 85.6 Å². The second-order valence-corrected chi connectivity index (χ2v) is 10.1. The predicted octanol–water partition coefficient (Wildman–Crippen LogP) is 1.19. The zero-order valence-corrected chi connectivity index (χ0v) is 21.8. The first kappa shape index (κ1) is 27.3. The van der Waals surface area contributed by atoms with Crippen LogP contribution in [0.5, 0.6) is 0 Å². The van der Waals surface area contributed by atoms with Gasteiger partial charge in [-0.1, -0.05) is 30.3 Å². The average Bonchev–Trinajstić information content (AvgIpc) is 3.42. The van der Waals surface area contributed by atoms with Gasteiger partial charge in [0.1, 0.15) is 18.2 Å². The summed E-state index contributed by atoms with van der Waals surface area (Å²) in [6, 6.07) is 8.57. The SMILES string of the molecule is CC(C)(C)OC(=O)NCCc1nnnn1CCONC(=O)[C@@H]1CC[C@@H]2CN1C(=O)N2OCc1ccccc1. The Kier molecular flexibility index (Phi) is 8.73. The summed E-state index contributed by atoms with van der Waals surface area (Å²) in [5, 5.41) is 15.6. The van der Waals surface area contributed by atoms with Gasteiger partial charge >= 0.3 is 12.1 Å². The number of tetrazole rings is 1. The molecule has 2 aromatic rings. The maximum Gasteiger partial charge on any atom is 0.407 e. The van der Waals surface area contributed by atoms with Crippen molar-refractivity contribution in [2.45, 2.75) is 70.9 Å². The smallest absolute Gasteiger partial charge is 0.407 e. The summed E-state index contributed by atoms with van der Waals surface area (Å²) in [5.41, 5.74) is 2.83. The number of fused-ring (bicyclic) bond motifs is 2. The minimum atomic E-state index is -0.633. The third-order valence-electron chi connectivity index (χ3n) is 6.04. The van der Waals surface area contributed by atoms with Gasteiger partial charge in [0.2, 0.25) is 0 Å². The van der Waals surface area contributed by atoms with Crippen molar-refractivity contribution in [3.63, 3.8) is 0 Å². The molecule has 0 radical (unpaired) electrons. The molecule has 4 rings (SSSR count). The molecule has 0 spiro atoms. The van der Waals surface area contributed by atoms with Crippen molar-refractivity contribution in [1.82, 2.24) is 41.0 Å². The highest BCUT2D eigenvalue weighted by Gasteiger charge is 2.48. The van der Waals surface area contributed by atoms with Gasteiger partial charge in [-0.05, 0) is 49.6 Å². The average molecular weight is 531 g/mol. The molecule has 3 heterocycles. The van der Waals surface area contributed by atoms with Crippen LogP contribution in [0.2, 0.25) is 0 Å². The molecule has 2 atom stereocenters. The molecule has 2 bridgehead atoms. The number of hydroxylamine groups is 3.